The zero-order chi connectivity index (χ0) is 7.28. The third kappa shape index (κ3) is 3.41. The van der Waals surface area contributed by atoms with Crippen molar-refractivity contribution in [2.45, 2.75) is 4.83 Å². The van der Waals surface area contributed by atoms with Crippen LogP contribution in [0.2, 0.25) is 0 Å². The predicted octanol–water partition coefficient (Wildman–Crippen LogP) is -1.25. The molecule has 0 saturated heterocycles. The minimum Gasteiger partial charge on any atom is -0.395 e. The van der Waals surface area contributed by atoms with Gasteiger partial charge in [-0.05, 0) is 0 Å². The number of hydrogen-bond donors (Lipinski definition) is 4. The van der Waals surface area contributed by atoms with Crippen LogP contribution in [0.1, 0.15) is 0 Å². The van der Waals surface area contributed by atoms with Crippen molar-refractivity contribution < 1.29 is 15.1 Å². The summed E-state index contributed by atoms with van der Waals surface area (Å²) < 4.78 is 0. The molecule has 5 nitrogen and oxygen atoms in total. The van der Waals surface area contributed by atoms with Gasteiger partial charge >= 0.3 is 0 Å². The van der Waals surface area contributed by atoms with Crippen LogP contribution in [-0.4, -0.2) is 27.7 Å². The average molecular weight is 199 g/mol. The van der Waals surface area contributed by atoms with Crippen LogP contribution >= 0.6 is 15.9 Å². The van der Waals surface area contributed by atoms with Gasteiger partial charge in [-0.2, -0.15) is 0 Å². The minimum atomic E-state index is -0.683. The molecule has 0 bridgehead atoms. The molecule has 0 aromatic rings. The topological polar surface area (TPSA) is 81.6 Å². The van der Waals surface area contributed by atoms with Crippen LogP contribution in [0.4, 0.5) is 0 Å². The number of carbonyl (C=O) groups excluding carboxylic acids is 1. The number of hydrogen-bond acceptors (Lipinski definition) is 4. The zero-order valence-corrected chi connectivity index (χ0v) is 6.05. The van der Waals surface area contributed by atoms with Crippen molar-refractivity contribution in [1.82, 2.24) is 11.0 Å². The molecule has 0 aliphatic rings. The molecule has 0 rings (SSSR count). The lowest BCUT2D eigenvalue weighted by Crippen LogP contribution is -2.40. The second-order valence-corrected chi connectivity index (χ2v) is 2.36. The van der Waals surface area contributed by atoms with Gasteiger partial charge in [-0.15, -0.1) is 5.59 Å². The van der Waals surface area contributed by atoms with Gasteiger partial charge in [0.25, 0.3) is 5.91 Å². The largest absolute Gasteiger partial charge is 0.395 e. The van der Waals surface area contributed by atoms with Crippen LogP contribution in [-0.2, 0) is 4.79 Å². The van der Waals surface area contributed by atoms with Crippen molar-refractivity contribution in [2.75, 3.05) is 6.61 Å². The fraction of sp³-hybridized carbons (Fsp3) is 0.667. The maximum absolute atomic E-state index is 10.4. The molecule has 4 N–H and O–H groups in total. The molecule has 0 radical (unpaired) electrons. The molecule has 9 heavy (non-hydrogen) atoms. The molecule has 6 heteroatoms. The van der Waals surface area contributed by atoms with E-state index < -0.39 is 10.7 Å². The molecule has 0 heterocycles. The van der Waals surface area contributed by atoms with Gasteiger partial charge in [0, 0.05) is 0 Å². The lowest BCUT2D eigenvalue weighted by molar-refractivity contribution is -0.124. The smallest absolute Gasteiger partial charge is 0.251 e. The number of carbonyl (C=O) groups is 1. The second-order valence-electron chi connectivity index (χ2n) is 1.25. The Labute approximate surface area is 60.1 Å². The standard InChI is InChI=1S/C3H7BrN2O3/c4-2(1-7)3(8)5-6-9/h2,6-7,9H,1H2,(H,5,8). The first-order chi connectivity index (χ1) is 4.22. The second kappa shape index (κ2) is 4.68. The van der Waals surface area contributed by atoms with Crippen molar-refractivity contribution in [3.8, 4) is 0 Å². The Balaban J connectivity index is 3.46. The van der Waals surface area contributed by atoms with Crippen molar-refractivity contribution in [1.29, 1.82) is 0 Å². The molecule has 1 amide bonds. The highest BCUT2D eigenvalue weighted by atomic mass is 79.9. The van der Waals surface area contributed by atoms with E-state index in [1.54, 1.807) is 0 Å². The Kier molecular flexibility index (Phi) is 4.60. The molecule has 0 aromatic carbocycles. The molecular weight excluding hydrogens is 192 g/mol. The van der Waals surface area contributed by atoms with E-state index in [-0.39, 0.29) is 6.61 Å². The van der Waals surface area contributed by atoms with E-state index in [2.05, 4.69) is 15.9 Å². The molecule has 0 aliphatic heterocycles. The van der Waals surface area contributed by atoms with Gasteiger partial charge in [-0.1, -0.05) is 15.9 Å². The molecule has 0 saturated carbocycles. The van der Waals surface area contributed by atoms with E-state index in [9.17, 15) is 4.79 Å². The SMILES string of the molecule is O=C(NNO)C(Br)CO. The summed E-state index contributed by atoms with van der Waals surface area (Å²) in [5.41, 5.74) is 3.30. The first-order valence-electron chi connectivity index (χ1n) is 2.16. The summed E-state index contributed by atoms with van der Waals surface area (Å²) in [6.45, 7) is -0.312. The van der Waals surface area contributed by atoms with E-state index in [0.717, 1.165) is 0 Å². The number of alkyl halides is 1. The van der Waals surface area contributed by atoms with Crippen LogP contribution in [0.25, 0.3) is 0 Å². The lowest BCUT2D eigenvalue weighted by atomic mass is 10.4. The third-order valence-electron chi connectivity index (χ3n) is 0.624. The number of amides is 1. The molecule has 1 unspecified atom stereocenters. The predicted molar refractivity (Wildman–Crippen MR) is 32.9 cm³/mol. The van der Waals surface area contributed by atoms with Crippen molar-refractivity contribution >= 4 is 21.8 Å². The number of aliphatic hydroxyl groups is 1. The Morgan fingerprint density at radius 2 is 2.33 bits per heavy atom. The molecule has 54 valence electrons. The minimum absolute atomic E-state index is 0.312. The van der Waals surface area contributed by atoms with E-state index in [4.69, 9.17) is 10.3 Å². The first-order valence-corrected chi connectivity index (χ1v) is 3.07. The van der Waals surface area contributed by atoms with Crippen molar-refractivity contribution in [2.24, 2.45) is 0 Å². The van der Waals surface area contributed by atoms with Crippen LogP contribution in [0.5, 0.6) is 0 Å². The third-order valence-corrected chi connectivity index (χ3v) is 1.33. The van der Waals surface area contributed by atoms with Gasteiger partial charge in [0.15, 0.2) is 0 Å². The monoisotopic (exact) mass is 198 g/mol. The number of aliphatic hydroxyl groups excluding tert-OH is 1. The van der Waals surface area contributed by atoms with Crippen LogP contribution in [0.3, 0.4) is 0 Å². The molecule has 0 fully saturated rings. The average Bonchev–Trinajstić information content (AvgIpc) is 1.87. The summed E-state index contributed by atoms with van der Waals surface area (Å²) in [6.07, 6.45) is 0. The highest BCUT2D eigenvalue weighted by Gasteiger charge is 2.11. The van der Waals surface area contributed by atoms with Gasteiger partial charge in [-0.25, -0.2) is 0 Å². The number of hydrazine groups is 1. The summed E-state index contributed by atoms with van der Waals surface area (Å²) >= 11 is 2.83. The number of rotatable bonds is 3. The Hall–Kier alpha value is -0.170. The zero-order valence-electron chi connectivity index (χ0n) is 4.47. The lowest BCUT2D eigenvalue weighted by Gasteiger charge is -2.03. The fourth-order valence-electron chi connectivity index (χ4n) is 0.216. The molecule has 1 atom stereocenters. The molecule has 0 aliphatic carbocycles. The van der Waals surface area contributed by atoms with E-state index in [1.807, 2.05) is 5.43 Å². The number of halogens is 1. The fourth-order valence-corrected chi connectivity index (χ4v) is 0.331. The van der Waals surface area contributed by atoms with E-state index in [1.165, 1.54) is 5.59 Å². The summed E-state index contributed by atoms with van der Waals surface area (Å²) in [5, 5.41) is 16.2. The Morgan fingerprint density at radius 1 is 1.78 bits per heavy atom. The van der Waals surface area contributed by atoms with Crippen LogP contribution in [0.15, 0.2) is 0 Å². The Bertz CT molecular complexity index is 99.1. The number of nitrogens with one attached hydrogen (secondary N) is 2. The maximum Gasteiger partial charge on any atom is 0.251 e. The summed E-state index contributed by atoms with van der Waals surface area (Å²) in [5.74, 6) is -0.528. The van der Waals surface area contributed by atoms with Gasteiger partial charge in [-0.3, -0.25) is 15.4 Å². The summed E-state index contributed by atoms with van der Waals surface area (Å²) in [6, 6.07) is 0. The normalized spacial score (nSPS) is 12.8. The van der Waals surface area contributed by atoms with Crippen molar-refractivity contribution in [3.05, 3.63) is 0 Å². The summed E-state index contributed by atoms with van der Waals surface area (Å²) in [4.78, 5) is 9.75. The van der Waals surface area contributed by atoms with Crippen LogP contribution in [0, 0.1) is 0 Å². The molecular formula is C3H7BrN2O3. The van der Waals surface area contributed by atoms with Crippen molar-refractivity contribution in [3.63, 3.8) is 0 Å². The highest BCUT2D eigenvalue weighted by Crippen LogP contribution is 1.95. The first kappa shape index (κ1) is 8.83. The van der Waals surface area contributed by atoms with E-state index in [0.29, 0.717) is 0 Å². The van der Waals surface area contributed by atoms with E-state index >= 15 is 0 Å². The quantitative estimate of drug-likeness (QED) is 0.338. The van der Waals surface area contributed by atoms with Gasteiger partial charge in [0.05, 0.1) is 6.61 Å². The van der Waals surface area contributed by atoms with Gasteiger partial charge in [0.1, 0.15) is 4.83 Å². The van der Waals surface area contributed by atoms with Gasteiger partial charge in [0.2, 0.25) is 0 Å². The summed E-state index contributed by atoms with van der Waals surface area (Å²) in [7, 11) is 0. The molecule has 0 aromatic heterocycles. The Morgan fingerprint density at radius 3 is 2.67 bits per heavy atom. The van der Waals surface area contributed by atoms with Crippen LogP contribution < -0.4 is 11.0 Å². The maximum atomic E-state index is 10.4. The van der Waals surface area contributed by atoms with Gasteiger partial charge < -0.3 is 5.11 Å². The highest BCUT2D eigenvalue weighted by molar-refractivity contribution is 9.10. The molecule has 0 spiro atoms.